The van der Waals surface area contributed by atoms with Crippen molar-refractivity contribution in [2.45, 2.75) is 52.6 Å². The summed E-state index contributed by atoms with van der Waals surface area (Å²) < 4.78 is 17.4. The SMILES string of the molecule is CCCCCOc1ccc(C2C(=C(O)c3ccc(OCC)cc3)C(=O)C(=O)N2Cc2ccccc2)cc1OCC. The van der Waals surface area contributed by atoms with Gasteiger partial charge in [-0.15, -0.1) is 0 Å². The Kier molecular flexibility index (Phi) is 9.84. The average molecular weight is 544 g/mol. The highest BCUT2D eigenvalue weighted by Crippen LogP contribution is 2.43. The number of aliphatic hydroxyl groups excluding tert-OH is 1. The fourth-order valence-corrected chi connectivity index (χ4v) is 4.82. The van der Waals surface area contributed by atoms with Gasteiger partial charge in [0.2, 0.25) is 0 Å². The summed E-state index contributed by atoms with van der Waals surface area (Å²) in [4.78, 5) is 28.4. The molecule has 0 aromatic heterocycles. The van der Waals surface area contributed by atoms with E-state index in [1.54, 1.807) is 30.3 Å². The smallest absolute Gasteiger partial charge is 0.295 e. The first kappa shape index (κ1) is 28.7. The van der Waals surface area contributed by atoms with E-state index in [-0.39, 0.29) is 17.9 Å². The molecule has 1 N–H and O–H groups in total. The number of unbranched alkanes of at least 4 members (excludes halogenated alkanes) is 2. The van der Waals surface area contributed by atoms with Crippen molar-refractivity contribution in [2.24, 2.45) is 0 Å². The van der Waals surface area contributed by atoms with Crippen LogP contribution in [0.2, 0.25) is 0 Å². The third kappa shape index (κ3) is 6.47. The number of rotatable bonds is 13. The Bertz CT molecular complexity index is 1330. The summed E-state index contributed by atoms with van der Waals surface area (Å²) in [5.74, 6) is 0.149. The minimum absolute atomic E-state index is 0.0316. The molecule has 1 saturated heterocycles. The number of hydrogen-bond donors (Lipinski definition) is 1. The van der Waals surface area contributed by atoms with E-state index in [0.717, 1.165) is 24.8 Å². The molecule has 1 heterocycles. The van der Waals surface area contributed by atoms with E-state index in [1.807, 2.05) is 56.3 Å². The zero-order valence-corrected chi connectivity index (χ0v) is 23.4. The Hall–Kier alpha value is -4.26. The number of nitrogens with zero attached hydrogens (tertiary/aromatic N) is 1. The van der Waals surface area contributed by atoms with Crippen LogP contribution in [0.15, 0.2) is 78.4 Å². The average Bonchev–Trinajstić information content (AvgIpc) is 3.22. The molecular formula is C33H37NO6. The Morgan fingerprint density at radius 3 is 2.23 bits per heavy atom. The second-order valence-corrected chi connectivity index (χ2v) is 9.56. The second kappa shape index (κ2) is 13.7. The summed E-state index contributed by atoms with van der Waals surface area (Å²) in [6, 6.07) is 20.9. The number of ether oxygens (including phenoxy) is 3. The van der Waals surface area contributed by atoms with Crippen LogP contribution in [0.4, 0.5) is 0 Å². The molecule has 40 heavy (non-hydrogen) atoms. The topological polar surface area (TPSA) is 85.3 Å². The minimum atomic E-state index is -0.819. The predicted octanol–water partition coefficient (Wildman–Crippen LogP) is 6.67. The van der Waals surface area contributed by atoms with Crippen LogP contribution in [0.1, 0.15) is 62.8 Å². The van der Waals surface area contributed by atoms with Crippen molar-refractivity contribution >= 4 is 17.4 Å². The fraction of sp³-hybridized carbons (Fsp3) is 0.333. The lowest BCUT2D eigenvalue weighted by molar-refractivity contribution is -0.140. The number of hydrogen-bond acceptors (Lipinski definition) is 6. The lowest BCUT2D eigenvalue weighted by atomic mass is 9.94. The first-order valence-electron chi connectivity index (χ1n) is 13.9. The second-order valence-electron chi connectivity index (χ2n) is 9.56. The Morgan fingerprint density at radius 2 is 1.55 bits per heavy atom. The number of amides is 1. The van der Waals surface area contributed by atoms with Crippen molar-refractivity contribution in [1.29, 1.82) is 0 Å². The number of carbonyl (C=O) groups excluding carboxylic acids is 2. The van der Waals surface area contributed by atoms with Crippen molar-refractivity contribution in [1.82, 2.24) is 4.90 Å². The van der Waals surface area contributed by atoms with Crippen molar-refractivity contribution < 1.29 is 28.9 Å². The summed E-state index contributed by atoms with van der Waals surface area (Å²) in [5.41, 5.74) is 1.97. The molecule has 1 aliphatic heterocycles. The van der Waals surface area contributed by atoms with Gasteiger partial charge in [0.1, 0.15) is 11.5 Å². The maximum Gasteiger partial charge on any atom is 0.295 e. The molecule has 7 nitrogen and oxygen atoms in total. The molecule has 0 spiro atoms. The number of ketones is 1. The standard InChI is InChI=1S/C33H37NO6/c1-4-7-11-20-40-27-19-16-25(21-28(27)39-6-3)30-29(31(35)24-14-17-26(18-15-24)38-5-2)32(36)33(37)34(30)22-23-12-9-8-10-13-23/h8-10,12-19,21,30,35H,4-7,11,20,22H2,1-3H3. The molecule has 1 aliphatic rings. The van der Waals surface area contributed by atoms with E-state index in [4.69, 9.17) is 14.2 Å². The maximum absolute atomic E-state index is 13.5. The molecule has 1 unspecified atom stereocenters. The Morgan fingerprint density at radius 1 is 0.825 bits per heavy atom. The zero-order valence-electron chi connectivity index (χ0n) is 23.4. The summed E-state index contributed by atoms with van der Waals surface area (Å²) in [7, 11) is 0. The first-order chi connectivity index (χ1) is 19.5. The van der Waals surface area contributed by atoms with Crippen molar-refractivity contribution in [3.8, 4) is 17.2 Å². The number of Topliss-reactive ketones (excluding diaryl/α,β-unsaturated/α-hetero) is 1. The quantitative estimate of drug-likeness (QED) is 0.112. The van der Waals surface area contributed by atoms with Gasteiger partial charge in [0.15, 0.2) is 11.5 Å². The highest BCUT2D eigenvalue weighted by atomic mass is 16.5. The van der Waals surface area contributed by atoms with Crippen LogP contribution in [0, 0.1) is 0 Å². The molecule has 0 saturated carbocycles. The lowest BCUT2D eigenvalue weighted by Gasteiger charge is -2.26. The molecule has 1 fully saturated rings. The normalized spacial score (nSPS) is 16.3. The van der Waals surface area contributed by atoms with Crippen LogP contribution in [0.5, 0.6) is 17.2 Å². The van der Waals surface area contributed by atoms with Gasteiger partial charge in [0, 0.05) is 12.1 Å². The molecular weight excluding hydrogens is 506 g/mol. The largest absolute Gasteiger partial charge is 0.507 e. The van der Waals surface area contributed by atoms with E-state index in [9.17, 15) is 14.7 Å². The van der Waals surface area contributed by atoms with Crippen LogP contribution in [-0.2, 0) is 16.1 Å². The number of carbonyl (C=O) groups is 2. The third-order valence-corrected chi connectivity index (χ3v) is 6.76. The molecule has 7 heteroatoms. The molecule has 1 atom stereocenters. The Labute approximate surface area is 236 Å². The van der Waals surface area contributed by atoms with Crippen molar-refractivity contribution in [3.63, 3.8) is 0 Å². The van der Waals surface area contributed by atoms with E-state index >= 15 is 0 Å². The predicted molar refractivity (Wildman–Crippen MR) is 155 cm³/mol. The Balaban J connectivity index is 1.79. The van der Waals surface area contributed by atoms with Crippen LogP contribution in [0.3, 0.4) is 0 Å². The summed E-state index contributed by atoms with van der Waals surface area (Å²) in [5, 5.41) is 11.4. The zero-order chi connectivity index (χ0) is 28.5. The summed E-state index contributed by atoms with van der Waals surface area (Å²) >= 11 is 0. The molecule has 3 aromatic rings. The third-order valence-electron chi connectivity index (χ3n) is 6.76. The number of benzene rings is 3. The van der Waals surface area contributed by atoms with Gasteiger partial charge in [-0.1, -0.05) is 56.2 Å². The van der Waals surface area contributed by atoms with E-state index in [1.165, 1.54) is 4.90 Å². The highest BCUT2D eigenvalue weighted by molar-refractivity contribution is 6.46. The molecule has 0 bridgehead atoms. The summed E-state index contributed by atoms with van der Waals surface area (Å²) in [6.45, 7) is 7.62. The van der Waals surface area contributed by atoms with Crippen LogP contribution >= 0.6 is 0 Å². The van der Waals surface area contributed by atoms with E-state index in [0.29, 0.717) is 48.2 Å². The van der Waals surface area contributed by atoms with Gasteiger partial charge in [-0.05, 0) is 67.8 Å². The fourth-order valence-electron chi connectivity index (χ4n) is 4.82. The maximum atomic E-state index is 13.5. The highest BCUT2D eigenvalue weighted by Gasteiger charge is 2.46. The lowest BCUT2D eigenvalue weighted by Crippen LogP contribution is -2.29. The molecule has 4 rings (SSSR count). The van der Waals surface area contributed by atoms with E-state index in [2.05, 4.69) is 6.92 Å². The van der Waals surface area contributed by atoms with Gasteiger partial charge in [-0.2, -0.15) is 0 Å². The number of aliphatic hydroxyl groups is 1. The molecule has 0 aliphatic carbocycles. The monoisotopic (exact) mass is 543 g/mol. The van der Waals surface area contributed by atoms with Gasteiger partial charge < -0.3 is 24.2 Å². The van der Waals surface area contributed by atoms with Gasteiger partial charge >= 0.3 is 0 Å². The molecule has 3 aromatic carbocycles. The van der Waals surface area contributed by atoms with Crippen LogP contribution < -0.4 is 14.2 Å². The van der Waals surface area contributed by atoms with Crippen molar-refractivity contribution in [3.05, 3.63) is 95.1 Å². The molecule has 1 amide bonds. The van der Waals surface area contributed by atoms with Gasteiger partial charge in [-0.3, -0.25) is 9.59 Å². The molecule has 210 valence electrons. The first-order valence-corrected chi connectivity index (χ1v) is 13.9. The summed E-state index contributed by atoms with van der Waals surface area (Å²) in [6.07, 6.45) is 3.10. The van der Waals surface area contributed by atoms with Crippen LogP contribution in [-0.4, -0.2) is 41.5 Å². The van der Waals surface area contributed by atoms with Crippen molar-refractivity contribution in [2.75, 3.05) is 19.8 Å². The van der Waals surface area contributed by atoms with Crippen LogP contribution in [0.25, 0.3) is 5.76 Å². The number of likely N-dealkylation sites (tertiary alicyclic amines) is 1. The molecule has 0 radical (unpaired) electrons. The van der Waals surface area contributed by atoms with Gasteiger partial charge in [0.25, 0.3) is 11.7 Å². The minimum Gasteiger partial charge on any atom is -0.507 e. The van der Waals surface area contributed by atoms with Gasteiger partial charge in [-0.25, -0.2) is 0 Å². The van der Waals surface area contributed by atoms with E-state index < -0.39 is 17.7 Å². The van der Waals surface area contributed by atoms with Gasteiger partial charge in [0.05, 0.1) is 31.4 Å².